The maximum atomic E-state index is 11.9. The third kappa shape index (κ3) is 4.00. The van der Waals surface area contributed by atoms with E-state index in [1.807, 2.05) is 4.90 Å². The van der Waals surface area contributed by atoms with E-state index in [9.17, 15) is 9.59 Å². The molecule has 0 bridgehead atoms. The summed E-state index contributed by atoms with van der Waals surface area (Å²) in [6.45, 7) is 6.56. The largest absolute Gasteiger partial charge is 0.481 e. The van der Waals surface area contributed by atoms with Crippen molar-refractivity contribution in [2.45, 2.75) is 38.6 Å². The molecule has 98 valence electrons. The van der Waals surface area contributed by atoms with Crippen molar-refractivity contribution in [2.24, 2.45) is 0 Å². The fourth-order valence-electron chi connectivity index (χ4n) is 2.00. The summed E-state index contributed by atoms with van der Waals surface area (Å²) in [6, 6.07) is 0. The molecule has 0 spiro atoms. The summed E-state index contributed by atoms with van der Waals surface area (Å²) in [5.74, 6) is -0.760. The van der Waals surface area contributed by atoms with E-state index in [0.29, 0.717) is 12.8 Å². The minimum absolute atomic E-state index is 0.000702. The Kier molecular flexibility index (Phi) is 4.51. The number of rotatable bonds is 4. The van der Waals surface area contributed by atoms with Crippen molar-refractivity contribution in [1.29, 1.82) is 0 Å². The highest BCUT2D eigenvalue weighted by Gasteiger charge is 2.32. The van der Waals surface area contributed by atoms with E-state index in [2.05, 4.69) is 25.8 Å². The van der Waals surface area contributed by atoms with Crippen molar-refractivity contribution in [3.63, 3.8) is 0 Å². The Labute approximate surface area is 102 Å². The Morgan fingerprint density at radius 1 is 1.24 bits per heavy atom. The number of carboxylic acids is 1. The minimum Gasteiger partial charge on any atom is -0.481 e. The standard InChI is InChI=1S/C12H22N2O3/c1-12(2)9-14(8-7-13(12)3)10(15)5-4-6-11(16)17/h4-9H2,1-3H3,(H,16,17). The Bertz CT molecular complexity index is 302. The molecule has 0 radical (unpaired) electrons. The Balaban J connectivity index is 2.40. The van der Waals surface area contributed by atoms with Gasteiger partial charge in [0.1, 0.15) is 0 Å². The van der Waals surface area contributed by atoms with Crippen LogP contribution in [-0.2, 0) is 9.59 Å². The molecular weight excluding hydrogens is 220 g/mol. The first-order valence-corrected chi connectivity index (χ1v) is 6.04. The highest BCUT2D eigenvalue weighted by Crippen LogP contribution is 2.19. The summed E-state index contributed by atoms with van der Waals surface area (Å²) >= 11 is 0. The molecule has 1 saturated heterocycles. The molecule has 0 aromatic carbocycles. The van der Waals surface area contributed by atoms with Gasteiger partial charge in [-0.3, -0.25) is 14.5 Å². The lowest BCUT2D eigenvalue weighted by Gasteiger charge is -2.45. The van der Waals surface area contributed by atoms with E-state index >= 15 is 0 Å². The molecule has 17 heavy (non-hydrogen) atoms. The summed E-state index contributed by atoms with van der Waals surface area (Å²) < 4.78 is 0. The summed E-state index contributed by atoms with van der Waals surface area (Å²) in [6.07, 6.45) is 0.843. The van der Waals surface area contributed by atoms with Crippen LogP contribution >= 0.6 is 0 Å². The molecular formula is C12H22N2O3. The van der Waals surface area contributed by atoms with E-state index in [-0.39, 0.29) is 17.9 Å². The molecule has 1 N–H and O–H groups in total. The number of amides is 1. The molecule has 1 aliphatic rings. The average molecular weight is 242 g/mol. The highest BCUT2D eigenvalue weighted by molar-refractivity contribution is 5.77. The SMILES string of the molecule is CN1CCN(C(=O)CCCC(=O)O)CC1(C)C. The van der Waals surface area contributed by atoms with Gasteiger partial charge in [-0.1, -0.05) is 0 Å². The van der Waals surface area contributed by atoms with Crippen molar-refractivity contribution < 1.29 is 14.7 Å². The summed E-state index contributed by atoms with van der Waals surface area (Å²) in [4.78, 5) is 26.4. The lowest BCUT2D eigenvalue weighted by atomic mass is 9.99. The van der Waals surface area contributed by atoms with Crippen LogP contribution in [0.4, 0.5) is 0 Å². The Hall–Kier alpha value is -1.10. The number of carbonyl (C=O) groups excluding carboxylic acids is 1. The fourth-order valence-corrected chi connectivity index (χ4v) is 2.00. The van der Waals surface area contributed by atoms with Gasteiger partial charge in [-0.05, 0) is 27.3 Å². The second-order valence-electron chi connectivity index (χ2n) is 5.30. The lowest BCUT2D eigenvalue weighted by molar-refractivity contribution is -0.138. The third-order valence-electron chi connectivity index (χ3n) is 3.45. The molecule has 1 fully saturated rings. The van der Waals surface area contributed by atoms with Gasteiger partial charge in [-0.25, -0.2) is 0 Å². The minimum atomic E-state index is -0.837. The maximum Gasteiger partial charge on any atom is 0.303 e. The van der Waals surface area contributed by atoms with Gasteiger partial charge in [-0.2, -0.15) is 0 Å². The van der Waals surface area contributed by atoms with E-state index in [1.165, 1.54) is 0 Å². The number of piperazine rings is 1. The van der Waals surface area contributed by atoms with Gasteiger partial charge in [-0.15, -0.1) is 0 Å². The average Bonchev–Trinajstić information content (AvgIpc) is 2.21. The first-order chi connectivity index (χ1) is 7.83. The van der Waals surface area contributed by atoms with Gasteiger partial charge < -0.3 is 10.0 Å². The van der Waals surface area contributed by atoms with E-state index in [1.54, 1.807) is 0 Å². The predicted octanol–water partition coefficient (Wildman–Crippen LogP) is 0.794. The summed E-state index contributed by atoms with van der Waals surface area (Å²) in [7, 11) is 2.06. The Morgan fingerprint density at radius 2 is 1.88 bits per heavy atom. The predicted molar refractivity (Wildman–Crippen MR) is 64.8 cm³/mol. The van der Waals surface area contributed by atoms with Gasteiger partial charge in [0.25, 0.3) is 0 Å². The van der Waals surface area contributed by atoms with Crippen LogP contribution in [0.3, 0.4) is 0 Å². The molecule has 1 rings (SSSR count). The van der Waals surface area contributed by atoms with Crippen LogP contribution in [0.5, 0.6) is 0 Å². The normalized spacial score (nSPS) is 20.3. The van der Waals surface area contributed by atoms with Gasteiger partial charge in [0.2, 0.25) is 5.91 Å². The number of carbonyl (C=O) groups is 2. The molecule has 1 aliphatic heterocycles. The molecule has 0 saturated carbocycles. The van der Waals surface area contributed by atoms with Crippen molar-refractivity contribution in [2.75, 3.05) is 26.7 Å². The van der Waals surface area contributed by atoms with Gasteiger partial charge in [0.15, 0.2) is 0 Å². The van der Waals surface area contributed by atoms with E-state index < -0.39 is 5.97 Å². The summed E-state index contributed by atoms with van der Waals surface area (Å²) in [5, 5.41) is 8.52. The zero-order valence-corrected chi connectivity index (χ0v) is 10.9. The van der Waals surface area contributed by atoms with Crippen LogP contribution in [-0.4, -0.2) is 59.0 Å². The zero-order chi connectivity index (χ0) is 13.1. The molecule has 1 amide bonds. The summed E-state index contributed by atoms with van der Waals surface area (Å²) in [5.41, 5.74) is 0.000702. The van der Waals surface area contributed by atoms with Crippen molar-refractivity contribution >= 4 is 11.9 Å². The molecule has 5 heteroatoms. The quantitative estimate of drug-likeness (QED) is 0.792. The smallest absolute Gasteiger partial charge is 0.303 e. The number of hydrogen-bond acceptors (Lipinski definition) is 3. The van der Waals surface area contributed by atoms with Crippen LogP contribution < -0.4 is 0 Å². The van der Waals surface area contributed by atoms with Crippen LogP contribution in [0, 0.1) is 0 Å². The van der Waals surface area contributed by atoms with E-state index in [0.717, 1.165) is 19.6 Å². The number of nitrogens with zero attached hydrogens (tertiary/aromatic N) is 2. The van der Waals surface area contributed by atoms with E-state index in [4.69, 9.17) is 5.11 Å². The van der Waals surface area contributed by atoms with Gasteiger partial charge in [0.05, 0.1) is 0 Å². The van der Waals surface area contributed by atoms with Gasteiger partial charge >= 0.3 is 5.97 Å². The van der Waals surface area contributed by atoms with Crippen molar-refractivity contribution in [1.82, 2.24) is 9.80 Å². The molecule has 0 aromatic rings. The number of carboxylic acid groups (broad SMARTS) is 1. The number of likely N-dealkylation sites (N-methyl/N-ethyl adjacent to an activating group) is 1. The number of hydrogen-bond donors (Lipinski definition) is 1. The molecule has 5 nitrogen and oxygen atoms in total. The van der Waals surface area contributed by atoms with Crippen LogP contribution in [0.1, 0.15) is 33.1 Å². The van der Waals surface area contributed by atoms with Crippen LogP contribution in [0.15, 0.2) is 0 Å². The Morgan fingerprint density at radius 3 is 2.41 bits per heavy atom. The lowest BCUT2D eigenvalue weighted by Crippen LogP contribution is -2.58. The fraction of sp³-hybridized carbons (Fsp3) is 0.833. The topological polar surface area (TPSA) is 60.9 Å². The molecule has 1 heterocycles. The molecule has 0 atom stereocenters. The maximum absolute atomic E-state index is 11.9. The number of aliphatic carboxylic acids is 1. The molecule has 0 aromatic heterocycles. The molecule has 0 aliphatic carbocycles. The molecule has 0 unspecified atom stereocenters. The highest BCUT2D eigenvalue weighted by atomic mass is 16.4. The second-order valence-corrected chi connectivity index (χ2v) is 5.30. The first-order valence-electron chi connectivity index (χ1n) is 6.04. The van der Waals surface area contributed by atoms with Gasteiger partial charge in [0, 0.05) is 38.0 Å². The monoisotopic (exact) mass is 242 g/mol. The third-order valence-corrected chi connectivity index (χ3v) is 3.45. The van der Waals surface area contributed by atoms with Crippen molar-refractivity contribution in [3.8, 4) is 0 Å². The van der Waals surface area contributed by atoms with Crippen LogP contribution in [0.2, 0.25) is 0 Å². The zero-order valence-electron chi connectivity index (χ0n) is 10.9. The second kappa shape index (κ2) is 5.49. The van der Waals surface area contributed by atoms with Crippen molar-refractivity contribution in [3.05, 3.63) is 0 Å². The first kappa shape index (κ1) is 14.0. The van der Waals surface area contributed by atoms with Crippen LogP contribution in [0.25, 0.3) is 0 Å².